The normalized spacial score (nSPS) is 10.4. The van der Waals surface area contributed by atoms with Gasteiger partial charge in [0.15, 0.2) is 11.6 Å². The molecule has 0 unspecified atom stereocenters. The van der Waals surface area contributed by atoms with Crippen LogP contribution in [0.1, 0.15) is 45.4 Å². The SMILES string of the molecule is CCCCCC(OC(=O)CC(=O)CCl)OC(=O)CC(=O)CCl. The topological polar surface area (TPSA) is 86.7 Å². The highest BCUT2D eigenvalue weighted by molar-refractivity contribution is 6.29. The Hall–Kier alpha value is -1.14. The number of carbonyl (C=O) groups excluding carboxylic acids is 4. The van der Waals surface area contributed by atoms with Gasteiger partial charge in [0.1, 0.15) is 12.8 Å². The van der Waals surface area contributed by atoms with Gasteiger partial charge in [0.25, 0.3) is 0 Å². The molecule has 0 amide bonds. The van der Waals surface area contributed by atoms with Crippen molar-refractivity contribution < 1.29 is 28.7 Å². The molecule has 0 heterocycles. The molecule has 0 aromatic heterocycles. The molecule has 22 heavy (non-hydrogen) atoms. The number of hydrogen-bond donors (Lipinski definition) is 0. The van der Waals surface area contributed by atoms with Gasteiger partial charge in [-0.2, -0.15) is 0 Å². The Labute approximate surface area is 139 Å². The Morgan fingerprint density at radius 1 is 0.864 bits per heavy atom. The van der Waals surface area contributed by atoms with Gasteiger partial charge in [0.2, 0.25) is 6.29 Å². The molecule has 0 saturated carbocycles. The highest BCUT2D eigenvalue weighted by Gasteiger charge is 2.21. The third-order valence-corrected chi connectivity index (χ3v) is 3.15. The number of halogens is 2. The molecule has 0 bridgehead atoms. The van der Waals surface area contributed by atoms with Gasteiger partial charge in [0, 0.05) is 6.42 Å². The van der Waals surface area contributed by atoms with Crippen molar-refractivity contribution in [1.82, 2.24) is 0 Å². The molecule has 0 aromatic rings. The maximum atomic E-state index is 11.5. The molecule has 0 rings (SSSR count). The molecule has 0 aliphatic heterocycles. The minimum atomic E-state index is -1.11. The number of ether oxygens (including phenoxy) is 2. The highest BCUT2D eigenvalue weighted by atomic mass is 35.5. The molecule has 0 radical (unpaired) electrons. The first-order chi connectivity index (χ1) is 10.4. The lowest BCUT2D eigenvalue weighted by Gasteiger charge is -2.18. The minimum Gasteiger partial charge on any atom is -0.425 e. The summed E-state index contributed by atoms with van der Waals surface area (Å²) in [5, 5.41) is 0. The average Bonchev–Trinajstić information content (AvgIpc) is 2.46. The molecule has 0 aromatic carbocycles. The lowest BCUT2D eigenvalue weighted by atomic mass is 10.2. The average molecular weight is 355 g/mol. The summed E-state index contributed by atoms with van der Waals surface area (Å²) in [5.74, 6) is -3.18. The highest BCUT2D eigenvalue weighted by Crippen LogP contribution is 2.11. The van der Waals surface area contributed by atoms with Crippen molar-refractivity contribution in [3.8, 4) is 0 Å². The van der Waals surface area contributed by atoms with Crippen LogP contribution in [0.3, 0.4) is 0 Å². The zero-order valence-corrected chi connectivity index (χ0v) is 14.0. The second-order valence-corrected chi connectivity index (χ2v) is 5.14. The molecule has 0 aliphatic carbocycles. The smallest absolute Gasteiger partial charge is 0.316 e. The van der Waals surface area contributed by atoms with Gasteiger partial charge < -0.3 is 9.47 Å². The summed E-state index contributed by atoms with van der Waals surface area (Å²) in [6.45, 7) is 1.99. The molecule has 8 heteroatoms. The Morgan fingerprint density at radius 2 is 1.32 bits per heavy atom. The molecule has 0 spiro atoms. The number of hydrogen-bond acceptors (Lipinski definition) is 6. The van der Waals surface area contributed by atoms with E-state index in [1.165, 1.54) is 0 Å². The van der Waals surface area contributed by atoms with Gasteiger partial charge in [-0.1, -0.05) is 19.8 Å². The first-order valence-electron chi connectivity index (χ1n) is 6.97. The fourth-order valence-corrected chi connectivity index (χ4v) is 1.68. The van der Waals surface area contributed by atoms with Gasteiger partial charge in [-0.25, -0.2) is 0 Å². The van der Waals surface area contributed by atoms with E-state index in [4.69, 9.17) is 32.7 Å². The van der Waals surface area contributed by atoms with Crippen molar-refractivity contribution >= 4 is 46.7 Å². The van der Waals surface area contributed by atoms with Gasteiger partial charge in [-0.15, -0.1) is 23.2 Å². The molecule has 126 valence electrons. The van der Waals surface area contributed by atoms with Crippen molar-refractivity contribution in [2.75, 3.05) is 11.8 Å². The van der Waals surface area contributed by atoms with Crippen LogP contribution in [0.4, 0.5) is 0 Å². The molecule has 0 N–H and O–H groups in total. The number of rotatable bonds is 12. The quantitative estimate of drug-likeness (QED) is 0.176. The van der Waals surface area contributed by atoms with E-state index in [2.05, 4.69) is 0 Å². The summed E-state index contributed by atoms with van der Waals surface area (Å²) in [6, 6.07) is 0. The van der Waals surface area contributed by atoms with E-state index in [-0.39, 0.29) is 11.8 Å². The maximum Gasteiger partial charge on any atom is 0.316 e. The lowest BCUT2D eigenvalue weighted by molar-refractivity contribution is -0.188. The summed E-state index contributed by atoms with van der Waals surface area (Å²) >= 11 is 10.6. The van der Waals surface area contributed by atoms with Crippen molar-refractivity contribution in [2.45, 2.75) is 51.7 Å². The third-order valence-electron chi connectivity index (χ3n) is 2.55. The predicted octanol–water partition coefficient (Wildman–Crippen LogP) is 2.38. The number of Topliss-reactive ketones (excluding diaryl/α,β-unsaturated/α-hetero) is 2. The molecule has 6 nitrogen and oxygen atoms in total. The lowest BCUT2D eigenvalue weighted by Crippen LogP contribution is -2.27. The van der Waals surface area contributed by atoms with Crippen LogP contribution in [-0.2, 0) is 28.7 Å². The largest absolute Gasteiger partial charge is 0.425 e. The summed E-state index contributed by atoms with van der Waals surface area (Å²) in [5.41, 5.74) is 0. The van der Waals surface area contributed by atoms with Crippen LogP contribution in [0.15, 0.2) is 0 Å². The van der Waals surface area contributed by atoms with E-state index in [1.54, 1.807) is 0 Å². The molecule has 0 saturated heterocycles. The standard InChI is InChI=1S/C14H20Cl2O6/c1-2-3-4-5-14(21-12(19)6-10(17)8-15)22-13(20)7-11(18)9-16/h14H,2-9H2,1H3. The minimum absolute atomic E-state index is 0.292. The van der Waals surface area contributed by atoms with Crippen LogP contribution in [0.25, 0.3) is 0 Å². The summed E-state index contributed by atoms with van der Waals surface area (Å²) in [7, 11) is 0. The van der Waals surface area contributed by atoms with E-state index in [9.17, 15) is 19.2 Å². The van der Waals surface area contributed by atoms with E-state index < -0.39 is 42.6 Å². The monoisotopic (exact) mass is 354 g/mol. The fraction of sp³-hybridized carbons (Fsp3) is 0.714. The van der Waals surface area contributed by atoms with Crippen molar-refractivity contribution in [3.63, 3.8) is 0 Å². The second-order valence-electron chi connectivity index (χ2n) is 4.60. The zero-order valence-electron chi connectivity index (χ0n) is 12.4. The second kappa shape index (κ2) is 12.4. The van der Waals surface area contributed by atoms with Crippen molar-refractivity contribution in [3.05, 3.63) is 0 Å². The van der Waals surface area contributed by atoms with Crippen LogP contribution >= 0.6 is 23.2 Å². The maximum absolute atomic E-state index is 11.5. The van der Waals surface area contributed by atoms with Crippen LogP contribution in [0.5, 0.6) is 0 Å². The number of alkyl halides is 2. The number of carbonyl (C=O) groups is 4. The Kier molecular flexibility index (Phi) is 11.8. The van der Waals surface area contributed by atoms with Crippen molar-refractivity contribution in [2.24, 2.45) is 0 Å². The van der Waals surface area contributed by atoms with Gasteiger partial charge in [0.05, 0.1) is 11.8 Å². The van der Waals surface area contributed by atoms with Crippen molar-refractivity contribution in [1.29, 1.82) is 0 Å². The fourth-order valence-electron chi connectivity index (χ4n) is 1.50. The van der Waals surface area contributed by atoms with E-state index >= 15 is 0 Å². The van der Waals surface area contributed by atoms with Crippen LogP contribution < -0.4 is 0 Å². The molecular weight excluding hydrogens is 335 g/mol. The Morgan fingerprint density at radius 3 is 1.68 bits per heavy atom. The predicted molar refractivity (Wildman–Crippen MR) is 80.8 cm³/mol. The molecule has 0 aliphatic rings. The Bertz CT molecular complexity index is 365. The summed E-state index contributed by atoms with van der Waals surface area (Å²) < 4.78 is 9.90. The summed E-state index contributed by atoms with van der Waals surface area (Å²) in [6.07, 6.45) is 0.705. The van der Waals surface area contributed by atoms with Gasteiger partial charge in [-0.3, -0.25) is 19.2 Å². The van der Waals surface area contributed by atoms with E-state index in [0.717, 1.165) is 12.8 Å². The zero-order chi connectivity index (χ0) is 17.0. The van der Waals surface area contributed by atoms with E-state index in [1.807, 2.05) is 6.92 Å². The molecule has 0 fully saturated rings. The van der Waals surface area contributed by atoms with Crippen LogP contribution in [-0.4, -0.2) is 41.6 Å². The first-order valence-corrected chi connectivity index (χ1v) is 8.04. The Balaban J connectivity index is 4.47. The number of esters is 2. The molecular formula is C14H20Cl2O6. The molecule has 0 atom stereocenters. The first kappa shape index (κ1) is 20.9. The number of unbranched alkanes of at least 4 members (excludes halogenated alkanes) is 2. The summed E-state index contributed by atoms with van der Waals surface area (Å²) in [4.78, 5) is 45.2. The third kappa shape index (κ3) is 10.6. The van der Waals surface area contributed by atoms with E-state index in [0.29, 0.717) is 12.8 Å². The van der Waals surface area contributed by atoms with Gasteiger partial charge >= 0.3 is 11.9 Å². The number of ketones is 2. The van der Waals surface area contributed by atoms with Crippen LogP contribution in [0.2, 0.25) is 0 Å². The van der Waals surface area contributed by atoms with Gasteiger partial charge in [-0.05, 0) is 6.42 Å². The van der Waals surface area contributed by atoms with Crippen LogP contribution in [0, 0.1) is 0 Å².